The Balaban J connectivity index is 1.13. The number of anilines is 1. The second-order valence-corrected chi connectivity index (χ2v) is 9.97. The molecule has 3 aromatic rings. The molecule has 2 amide bonds. The van der Waals surface area contributed by atoms with Crippen LogP contribution in [0.2, 0.25) is 0 Å². The normalized spacial score (nSPS) is 22.1. The lowest BCUT2D eigenvalue weighted by molar-refractivity contribution is -0.142. The van der Waals surface area contributed by atoms with Gasteiger partial charge in [-0.25, -0.2) is 0 Å². The predicted molar refractivity (Wildman–Crippen MR) is 144 cm³/mol. The van der Waals surface area contributed by atoms with Crippen LogP contribution in [0, 0.1) is 0 Å². The highest BCUT2D eigenvalue weighted by Gasteiger charge is 2.46. The number of hydrogen-bond acceptors (Lipinski definition) is 8. The van der Waals surface area contributed by atoms with Crippen molar-refractivity contribution < 1.29 is 38.4 Å². The lowest BCUT2D eigenvalue weighted by atomic mass is 9.84. The van der Waals surface area contributed by atoms with Gasteiger partial charge in [-0.15, -0.1) is 0 Å². The van der Waals surface area contributed by atoms with Gasteiger partial charge >= 0.3 is 0 Å². The highest BCUT2D eigenvalue weighted by molar-refractivity contribution is 6.04. The maximum atomic E-state index is 12.9. The molecule has 3 heterocycles. The van der Waals surface area contributed by atoms with Gasteiger partial charge in [0.25, 0.3) is 5.91 Å². The van der Waals surface area contributed by atoms with Gasteiger partial charge in [-0.1, -0.05) is 18.2 Å². The predicted octanol–water partition coefficient (Wildman–Crippen LogP) is 3.38. The summed E-state index contributed by atoms with van der Waals surface area (Å²) in [6.07, 6.45) is -0.685. The monoisotopic (exact) mass is 546 g/mol. The van der Waals surface area contributed by atoms with Crippen molar-refractivity contribution >= 4 is 17.5 Å². The molecule has 0 saturated carbocycles. The number of ether oxygens (including phenoxy) is 5. The number of benzene rings is 3. The Kier molecular flexibility index (Phi) is 7.19. The summed E-state index contributed by atoms with van der Waals surface area (Å²) in [6, 6.07) is 18.0. The summed E-state index contributed by atoms with van der Waals surface area (Å²) in [6.45, 7) is 0.238. The minimum absolute atomic E-state index is 0.102. The van der Waals surface area contributed by atoms with E-state index < -0.39 is 12.2 Å². The SMILES string of the molecule is COc1ccccc1CNC(=O)C[C@H]1C[C@@H]2c3cc(NC(=O)c4ccc5c(c4)OCO5)ccc3O[C@@H]2[C@@H](CO)O1. The van der Waals surface area contributed by atoms with Gasteiger partial charge < -0.3 is 39.4 Å². The molecule has 40 heavy (non-hydrogen) atoms. The van der Waals surface area contributed by atoms with Crippen molar-refractivity contribution in [3.63, 3.8) is 0 Å². The number of amides is 2. The lowest BCUT2D eigenvalue weighted by Gasteiger charge is -2.37. The Morgan fingerprint density at radius 3 is 2.70 bits per heavy atom. The van der Waals surface area contributed by atoms with E-state index in [2.05, 4.69) is 10.6 Å². The van der Waals surface area contributed by atoms with Gasteiger partial charge in [0.15, 0.2) is 11.5 Å². The van der Waals surface area contributed by atoms with E-state index in [1.165, 1.54) is 0 Å². The number of aliphatic hydroxyl groups excluding tert-OH is 1. The first-order valence-corrected chi connectivity index (χ1v) is 13.2. The minimum Gasteiger partial charge on any atom is -0.496 e. The van der Waals surface area contributed by atoms with E-state index in [0.717, 1.165) is 11.1 Å². The molecule has 0 unspecified atom stereocenters. The fourth-order valence-electron chi connectivity index (χ4n) is 5.53. The van der Waals surface area contributed by atoms with Crippen LogP contribution in [-0.4, -0.2) is 55.7 Å². The molecular formula is C30H30N2O8. The van der Waals surface area contributed by atoms with Crippen molar-refractivity contribution in [2.24, 2.45) is 0 Å². The topological polar surface area (TPSA) is 125 Å². The zero-order valence-electron chi connectivity index (χ0n) is 21.9. The van der Waals surface area contributed by atoms with E-state index in [9.17, 15) is 14.7 Å². The summed E-state index contributed by atoms with van der Waals surface area (Å²) < 4.78 is 28.3. The Bertz CT molecular complexity index is 1430. The second-order valence-electron chi connectivity index (χ2n) is 9.97. The van der Waals surface area contributed by atoms with Gasteiger partial charge in [0.05, 0.1) is 26.2 Å². The summed E-state index contributed by atoms with van der Waals surface area (Å²) >= 11 is 0. The Labute approximate surface area is 231 Å². The zero-order valence-corrected chi connectivity index (χ0v) is 21.9. The quantitative estimate of drug-likeness (QED) is 0.393. The van der Waals surface area contributed by atoms with E-state index in [-0.39, 0.29) is 43.7 Å². The Morgan fingerprint density at radius 2 is 1.85 bits per heavy atom. The summed E-state index contributed by atoms with van der Waals surface area (Å²) in [7, 11) is 1.59. The first-order valence-electron chi connectivity index (χ1n) is 13.2. The first-order chi connectivity index (χ1) is 19.5. The van der Waals surface area contributed by atoms with Crippen LogP contribution in [0.1, 0.15) is 40.2 Å². The van der Waals surface area contributed by atoms with E-state index >= 15 is 0 Å². The average Bonchev–Trinajstić information content (AvgIpc) is 3.60. The molecule has 6 rings (SSSR count). The van der Waals surface area contributed by atoms with Crippen LogP contribution in [0.5, 0.6) is 23.0 Å². The maximum Gasteiger partial charge on any atom is 0.255 e. The number of carbonyl (C=O) groups excluding carboxylic acids is 2. The van der Waals surface area contributed by atoms with Crippen molar-refractivity contribution in [2.45, 2.75) is 43.6 Å². The molecule has 0 aromatic heterocycles. The molecular weight excluding hydrogens is 516 g/mol. The second kappa shape index (κ2) is 11.1. The molecule has 3 aliphatic rings. The molecule has 3 aromatic carbocycles. The standard InChI is InChI=1S/C30H30N2O8/c1-36-23-5-3-2-4-18(23)14-31-28(34)13-20-12-22-21-11-19(7-9-24(21)40-29(22)27(15-33)39-20)32-30(35)17-6-8-25-26(10-17)38-16-37-25/h2-11,20,22,27,29,33H,12-16H2,1H3,(H,31,34)(H,32,35)/t20-,22-,27-,29+/m1/s1. The van der Waals surface area contributed by atoms with Crippen LogP contribution in [0.4, 0.5) is 5.69 Å². The van der Waals surface area contributed by atoms with Crippen molar-refractivity contribution in [2.75, 3.05) is 25.8 Å². The Hall–Kier alpha value is -4.28. The van der Waals surface area contributed by atoms with Crippen molar-refractivity contribution in [1.82, 2.24) is 5.32 Å². The molecule has 10 heteroatoms. The summed E-state index contributed by atoms with van der Waals surface area (Å²) in [5.74, 6) is 2.00. The summed E-state index contributed by atoms with van der Waals surface area (Å²) in [5.41, 5.74) is 2.85. The number of methoxy groups -OCH3 is 1. The average molecular weight is 547 g/mol. The third kappa shape index (κ3) is 5.15. The van der Waals surface area contributed by atoms with Gasteiger partial charge in [-0.2, -0.15) is 0 Å². The molecule has 0 aliphatic carbocycles. The smallest absolute Gasteiger partial charge is 0.255 e. The molecule has 0 spiro atoms. The van der Waals surface area contributed by atoms with Crippen molar-refractivity contribution in [1.29, 1.82) is 0 Å². The molecule has 4 atom stereocenters. The molecule has 3 aliphatic heterocycles. The van der Waals surface area contributed by atoms with Gasteiger partial charge in [-0.05, 0) is 48.9 Å². The third-order valence-corrected chi connectivity index (χ3v) is 7.47. The highest BCUT2D eigenvalue weighted by atomic mass is 16.7. The molecule has 0 bridgehead atoms. The molecule has 3 N–H and O–H groups in total. The molecule has 0 radical (unpaired) electrons. The van der Waals surface area contributed by atoms with E-state index in [4.69, 9.17) is 23.7 Å². The van der Waals surface area contributed by atoms with Crippen molar-refractivity contribution in [3.8, 4) is 23.0 Å². The van der Waals surface area contributed by atoms with Crippen LogP contribution in [-0.2, 0) is 16.1 Å². The lowest BCUT2D eigenvalue weighted by Crippen LogP contribution is -2.47. The van der Waals surface area contributed by atoms with Crippen LogP contribution >= 0.6 is 0 Å². The van der Waals surface area contributed by atoms with Gasteiger partial charge in [0.2, 0.25) is 12.7 Å². The van der Waals surface area contributed by atoms with Crippen LogP contribution in [0.25, 0.3) is 0 Å². The summed E-state index contributed by atoms with van der Waals surface area (Å²) in [5, 5.41) is 15.9. The number of hydrogen-bond donors (Lipinski definition) is 3. The maximum absolute atomic E-state index is 12.9. The molecule has 1 saturated heterocycles. The van der Waals surface area contributed by atoms with Crippen molar-refractivity contribution in [3.05, 3.63) is 77.4 Å². The van der Waals surface area contributed by atoms with Gasteiger partial charge in [0, 0.05) is 34.8 Å². The highest BCUT2D eigenvalue weighted by Crippen LogP contribution is 2.47. The molecule has 10 nitrogen and oxygen atoms in total. The van der Waals surface area contributed by atoms with Crippen LogP contribution in [0.3, 0.4) is 0 Å². The zero-order chi connectivity index (χ0) is 27.6. The fraction of sp³-hybridized carbons (Fsp3) is 0.333. The number of para-hydroxylation sites is 1. The first kappa shape index (κ1) is 26.0. The van der Waals surface area contributed by atoms with E-state index in [1.807, 2.05) is 36.4 Å². The summed E-state index contributed by atoms with van der Waals surface area (Å²) in [4.78, 5) is 25.7. The fourth-order valence-corrected chi connectivity index (χ4v) is 5.53. The number of fused-ring (bicyclic) bond motifs is 4. The molecule has 208 valence electrons. The largest absolute Gasteiger partial charge is 0.496 e. The third-order valence-electron chi connectivity index (χ3n) is 7.47. The van der Waals surface area contributed by atoms with Crippen LogP contribution in [0.15, 0.2) is 60.7 Å². The van der Waals surface area contributed by atoms with Gasteiger partial charge in [-0.3, -0.25) is 9.59 Å². The number of carbonyl (C=O) groups is 2. The minimum atomic E-state index is -0.579. The van der Waals surface area contributed by atoms with Crippen LogP contribution < -0.4 is 29.6 Å². The number of aliphatic hydroxyl groups is 1. The number of rotatable bonds is 8. The van der Waals surface area contributed by atoms with Gasteiger partial charge in [0.1, 0.15) is 23.7 Å². The molecule has 1 fully saturated rings. The number of nitrogens with one attached hydrogen (secondary N) is 2. The van der Waals surface area contributed by atoms with E-state index in [0.29, 0.717) is 47.2 Å². The Morgan fingerprint density at radius 1 is 1.02 bits per heavy atom. The van der Waals surface area contributed by atoms with E-state index in [1.54, 1.807) is 31.4 Å².